The van der Waals surface area contributed by atoms with Crippen molar-refractivity contribution in [2.45, 2.75) is 12.8 Å². The Morgan fingerprint density at radius 3 is 1.98 bits per heavy atom. The molecule has 258 valence electrons. The smallest absolute Gasteiger partial charge is 0.0543 e. The van der Waals surface area contributed by atoms with Gasteiger partial charge in [0.05, 0.1) is 11.1 Å². The fraction of sp³-hybridized carbons (Fsp3) is 0.0385. The molecule has 2 heterocycles. The molecule has 0 saturated carbocycles. The number of rotatable bonds is 6. The third kappa shape index (κ3) is 5.45. The first-order valence-corrected chi connectivity index (χ1v) is 20.4. The summed E-state index contributed by atoms with van der Waals surface area (Å²) in [5.74, 6) is 0. The summed E-state index contributed by atoms with van der Waals surface area (Å²) >= 11 is 3.73. The molecule has 0 bridgehead atoms. The SMILES string of the molecule is c1c(-c2ccccc2N(C2=c3c(sc4ccccc34)=CCC2)c2ccc(-c3ccccc3-c3ccc4ccccc4c3)cc2)cc2sc3ccccc3c2c#1. The monoisotopic (exact) mass is 735 g/mol. The minimum absolute atomic E-state index is 0.944. The predicted octanol–water partition coefficient (Wildman–Crippen LogP) is 13.5. The summed E-state index contributed by atoms with van der Waals surface area (Å²) in [6.07, 6.45) is 4.37. The molecule has 2 aromatic heterocycles. The van der Waals surface area contributed by atoms with Crippen LogP contribution < -0.4 is 14.7 Å². The number of benzene rings is 7. The molecule has 3 heteroatoms. The lowest BCUT2D eigenvalue weighted by atomic mass is 9.93. The topological polar surface area (TPSA) is 3.24 Å². The first-order valence-electron chi connectivity index (χ1n) is 18.8. The summed E-state index contributed by atoms with van der Waals surface area (Å²) in [5, 5.41) is 7.57. The van der Waals surface area contributed by atoms with E-state index in [1.807, 2.05) is 22.7 Å². The van der Waals surface area contributed by atoms with Gasteiger partial charge in [0.15, 0.2) is 0 Å². The van der Waals surface area contributed by atoms with E-state index in [0.717, 1.165) is 40.7 Å². The molecule has 0 amide bonds. The van der Waals surface area contributed by atoms with E-state index in [1.54, 1.807) is 0 Å². The van der Waals surface area contributed by atoms with Gasteiger partial charge in [-0.15, -0.1) is 22.7 Å². The van der Waals surface area contributed by atoms with Crippen LogP contribution in [0.5, 0.6) is 0 Å². The Labute approximate surface area is 328 Å². The largest absolute Gasteiger partial charge is 0.313 e. The molecule has 55 heavy (non-hydrogen) atoms. The Kier molecular flexibility index (Phi) is 7.66. The maximum Gasteiger partial charge on any atom is 0.0543 e. The number of nitrogens with zero attached hydrogens (tertiary/aromatic N) is 1. The van der Waals surface area contributed by atoms with Gasteiger partial charge in [-0.1, -0.05) is 146 Å². The van der Waals surface area contributed by atoms with E-state index in [0.29, 0.717) is 0 Å². The Hall–Kier alpha value is -6.44. The second-order valence-electron chi connectivity index (χ2n) is 14.2. The van der Waals surface area contributed by atoms with Gasteiger partial charge in [-0.2, -0.15) is 0 Å². The molecular weight excluding hydrogens is 703 g/mol. The maximum absolute atomic E-state index is 3.60. The van der Waals surface area contributed by atoms with Crippen LogP contribution in [0.3, 0.4) is 0 Å². The highest BCUT2D eigenvalue weighted by Crippen LogP contribution is 2.43. The van der Waals surface area contributed by atoms with Crippen LogP contribution >= 0.6 is 22.7 Å². The molecule has 0 N–H and O–H groups in total. The van der Waals surface area contributed by atoms with E-state index in [1.165, 1.54) is 73.3 Å². The zero-order chi connectivity index (χ0) is 36.3. The number of thiophene rings is 2. The Morgan fingerprint density at radius 2 is 1.15 bits per heavy atom. The van der Waals surface area contributed by atoms with Crippen LogP contribution in [0.4, 0.5) is 11.4 Å². The van der Waals surface area contributed by atoms with Gasteiger partial charge in [0.1, 0.15) is 0 Å². The van der Waals surface area contributed by atoms with Crippen LogP contribution in [0.1, 0.15) is 12.8 Å². The minimum Gasteiger partial charge on any atom is -0.313 e. The van der Waals surface area contributed by atoms with Crippen molar-refractivity contribution in [2.24, 2.45) is 0 Å². The number of fused-ring (bicyclic) bond motifs is 7. The molecule has 10 aromatic rings. The normalized spacial score (nSPS) is 12.5. The zero-order valence-corrected chi connectivity index (χ0v) is 31.6. The minimum atomic E-state index is 0.944. The van der Waals surface area contributed by atoms with Crippen molar-refractivity contribution >= 4 is 86.9 Å². The van der Waals surface area contributed by atoms with Crippen molar-refractivity contribution in [2.75, 3.05) is 4.90 Å². The zero-order valence-electron chi connectivity index (χ0n) is 29.9. The van der Waals surface area contributed by atoms with Crippen LogP contribution in [0.25, 0.3) is 86.2 Å². The lowest BCUT2D eigenvalue weighted by Crippen LogP contribution is -2.32. The van der Waals surface area contributed by atoms with E-state index in [-0.39, 0.29) is 0 Å². The molecule has 11 rings (SSSR count). The third-order valence-electron chi connectivity index (χ3n) is 11.0. The van der Waals surface area contributed by atoms with Crippen molar-refractivity contribution in [3.63, 3.8) is 0 Å². The van der Waals surface area contributed by atoms with Gasteiger partial charge in [-0.3, -0.25) is 0 Å². The first-order chi connectivity index (χ1) is 27.3. The molecule has 0 spiro atoms. The lowest BCUT2D eigenvalue weighted by Gasteiger charge is -2.31. The molecule has 8 aromatic carbocycles. The highest BCUT2D eigenvalue weighted by atomic mass is 32.1. The van der Waals surface area contributed by atoms with Gasteiger partial charge in [0, 0.05) is 57.1 Å². The van der Waals surface area contributed by atoms with Gasteiger partial charge < -0.3 is 4.90 Å². The van der Waals surface area contributed by atoms with Crippen LogP contribution in [0, 0.1) is 12.1 Å². The molecule has 1 nitrogen and oxygen atoms in total. The van der Waals surface area contributed by atoms with E-state index < -0.39 is 0 Å². The van der Waals surface area contributed by atoms with Crippen molar-refractivity contribution in [3.8, 4) is 33.4 Å². The van der Waals surface area contributed by atoms with E-state index in [4.69, 9.17) is 0 Å². The summed E-state index contributed by atoms with van der Waals surface area (Å²) in [6.45, 7) is 0. The van der Waals surface area contributed by atoms with E-state index >= 15 is 0 Å². The maximum atomic E-state index is 3.60. The van der Waals surface area contributed by atoms with Gasteiger partial charge in [0.2, 0.25) is 0 Å². The predicted molar refractivity (Wildman–Crippen MR) is 238 cm³/mol. The van der Waals surface area contributed by atoms with Gasteiger partial charge in [-0.05, 0) is 88.3 Å². The first kappa shape index (κ1) is 32.0. The summed E-state index contributed by atoms with van der Waals surface area (Å²) in [7, 11) is 0. The Bertz CT molecular complexity index is 3220. The fourth-order valence-electron chi connectivity index (χ4n) is 8.40. The summed E-state index contributed by atoms with van der Waals surface area (Å²) in [6, 6.07) is 69.2. The molecular formula is C52H33NS2. The average molecular weight is 736 g/mol. The van der Waals surface area contributed by atoms with Crippen LogP contribution in [0.2, 0.25) is 0 Å². The van der Waals surface area contributed by atoms with Crippen molar-refractivity contribution in [3.05, 3.63) is 192 Å². The molecule has 1 aliphatic rings. The number of hydrogen-bond donors (Lipinski definition) is 0. The quantitative estimate of drug-likeness (QED) is 0.164. The molecule has 0 radical (unpaired) electrons. The number of hydrogen-bond acceptors (Lipinski definition) is 3. The fourth-order valence-corrected chi connectivity index (χ4v) is 10.7. The van der Waals surface area contributed by atoms with Crippen LogP contribution in [-0.2, 0) is 0 Å². The molecule has 0 atom stereocenters. The van der Waals surface area contributed by atoms with Crippen molar-refractivity contribution in [1.29, 1.82) is 0 Å². The van der Waals surface area contributed by atoms with Crippen molar-refractivity contribution < 1.29 is 0 Å². The van der Waals surface area contributed by atoms with Gasteiger partial charge >= 0.3 is 0 Å². The standard InChI is InChI=1S/C52H33NS2/c1-2-13-36-32-37(25-24-34(36)12-1)41-15-4-3-14-40(41)35-26-29-39(30-27-35)53(47-20-11-23-50-52(47)45-18-7-10-22-49(45)54-50)46-19-8-5-16-42(46)38-28-31-44-43-17-6-9-21-48(43)55-51(44)33-38/h1-10,12-19,21-27,29-30,32-33H,11,20H2. The Balaban J connectivity index is 1.09. The van der Waals surface area contributed by atoms with Crippen LogP contribution in [0.15, 0.2) is 170 Å². The van der Waals surface area contributed by atoms with Gasteiger partial charge in [-0.25, -0.2) is 0 Å². The third-order valence-corrected chi connectivity index (χ3v) is 13.3. The number of para-hydroxylation sites is 1. The van der Waals surface area contributed by atoms with Crippen molar-refractivity contribution in [1.82, 2.24) is 0 Å². The molecule has 0 unspecified atom stereocenters. The van der Waals surface area contributed by atoms with E-state index in [2.05, 4.69) is 193 Å². The second-order valence-corrected chi connectivity index (χ2v) is 16.3. The summed E-state index contributed by atoms with van der Waals surface area (Å²) in [5.41, 5.74) is 10.7. The Morgan fingerprint density at radius 1 is 0.491 bits per heavy atom. The average Bonchev–Trinajstić information content (AvgIpc) is 3.83. The molecule has 0 saturated heterocycles. The van der Waals surface area contributed by atoms with E-state index in [9.17, 15) is 0 Å². The second kappa shape index (κ2) is 13.1. The van der Waals surface area contributed by atoms with Gasteiger partial charge in [0.25, 0.3) is 0 Å². The summed E-state index contributed by atoms with van der Waals surface area (Å²) in [4.78, 5) is 2.53. The molecule has 1 aliphatic carbocycles. The summed E-state index contributed by atoms with van der Waals surface area (Å²) < 4.78 is 5.20. The molecule has 0 fully saturated rings. The van der Waals surface area contributed by atoms with Crippen LogP contribution in [-0.4, -0.2) is 0 Å². The highest BCUT2D eigenvalue weighted by molar-refractivity contribution is 7.25. The molecule has 0 aliphatic heterocycles. The lowest BCUT2D eigenvalue weighted by molar-refractivity contribution is 1.04. The number of anilines is 2. The highest BCUT2D eigenvalue weighted by Gasteiger charge is 2.23.